The van der Waals surface area contributed by atoms with Gasteiger partial charge in [0.15, 0.2) is 7.14 Å². The molecule has 1 heterocycles. The highest BCUT2D eigenvalue weighted by molar-refractivity contribution is 7.85. The number of rotatable bonds is 4. The van der Waals surface area contributed by atoms with Crippen molar-refractivity contribution in [3.63, 3.8) is 0 Å². The highest BCUT2D eigenvalue weighted by atomic mass is 31.2. The predicted molar refractivity (Wildman–Crippen MR) is 209 cm³/mol. The Bertz CT molecular complexity index is 2920. The number of benzene rings is 9. The molecule has 0 aliphatic heterocycles. The van der Waals surface area contributed by atoms with Gasteiger partial charge in [0.1, 0.15) is 11.2 Å². The fraction of sp³-hybridized carbons (Fsp3) is 0. The Labute approximate surface area is 283 Å². The molecular weight excluding hydrogens is 615 g/mol. The van der Waals surface area contributed by atoms with Gasteiger partial charge in [0.25, 0.3) is 0 Å². The van der Waals surface area contributed by atoms with E-state index in [1.54, 1.807) is 0 Å². The second-order valence-electron chi connectivity index (χ2n) is 12.8. The van der Waals surface area contributed by atoms with E-state index in [4.69, 9.17) is 4.42 Å². The van der Waals surface area contributed by atoms with Crippen LogP contribution < -0.4 is 15.9 Å². The number of hydrogen-bond donors (Lipinski definition) is 0. The van der Waals surface area contributed by atoms with Gasteiger partial charge in [0.05, 0.1) is 0 Å². The molecule has 10 aromatic rings. The van der Waals surface area contributed by atoms with Crippen molar-refractivity contribution < 1.29 is 8.98 Å². The lowest BCUT2D eigenvalue weighted by atomic mass is 9.86. The Hall–Kier alpha value is -5.95. The van der Waals surface area contributed by atoms with Gasteiger partial charge in [-0.15, -0.1) is 0 Å². The van der Waals surface area contributed by atoms with Crippen LogP contribution in [0.1, 0.15) is 0 Å². The van der Waals surface area contributed by atoms with Gasteiger partial charge in [-0.2, -0.15) is 0 Å². The number of hydrogen-bond acceptors (Lipinski definition) is 2. The third-order valence-corrected chi connectivity index (χ3v) is 13.2. The minimum absolute atomic E-state index is 0.780. The summed E-state index contributed by atoms with van der Waals surface area (Å²) in [6, 6.07) is 60.8. The van der Waals surface area contributed by atoms with Crippen molar-refractivity contribution in [2.75, 3.05) is 0 Å². The molecule has 0 radical (unpaired) electrons. The molecule has 1 aromatic heterocycles. The third-order valence-electron chi connectivity index (χ3n) is 10.1. The SMILES string of the molecule is O=P(c1ccccc1)(c1ccccc1)c1ccc2oc3ccc(-c4c5ccccc5cc5c6ccccc6c6ccccc6c45)cc3c2c1. The largest absolute Gasteiger partial charge is 0.456 e. The molecule has 0 saturated carbocycles. The molecule has 3 heteroatoms. The average Bonchev–Trinajstić information content (AvgIpc) is 3.55. The van der Waals surface area contributed by atoms with E-state index < -0.39 is 7.14 Å². The molecule has 10 rings (SSSR count). The molecule has 0 aliphatic rings. The fourth-order valence-corrected chi connectivity index (χ4v) is 10.5. The van der Waals surface area contributed by atoms with Crippen molar-refractivity contribution in [3.05, 3.63) is 176 Å². The molecular formula is C46H29O2P. The van der Waals surface area contributed by atoms with Crippen LogP contribution in [0.15, 0.2) is 180 Å². The van der Waals surface area contributed by atoms with E-state index >= 15 is 4.57 Å². The summed E-state index contributed by atoms with van der Waals surface area (Å²) >= 11 is 0. The smallest absolute Gasteiger partial charge is 0.171 e. The Balaban J connectivity index is 1.29. The summed E-state index contributed by atoms with van der Waals surface area (Å²) in [5, 5.41) is 14.3. The molecule has 0 bridgehead atoms. The maximum Gasteiger partial charge on any atom is 0.171 e. The van der Waals surface area contributed by atoms with E-state index in [0.717, 1.165) is 43.4 Å². The molecule has 0 aliphatic carbocycles. The molecule has 49 heavy (non-hydrogen) atoms. The van der Waals surface area contributed by atoms with Crippen LogP contribution in [0.4, 0.5) is 0 Å². The lowest BCUT2D eigenvalue weighted by Gasteiger charge is -2.20. The van der Waals surface area contributed by atoms with Crippen molar-refractivity contribution in [1.29, 1.82) is 0 Å². The van der Waals surface area contributed by atoms with Gasteiger partial charge in [-0.3, -0.25) is 0 Å². The zero-order valence-electron chi connectivity index (χ0n) is 26.5. The van der Waals surface area contributed by atoms with Gasteiger partial charge >= 0.3 is 0 Å². The first kappa shape index (κ1) is 28.1. The molecule has 0 N–H and O–H groups in total. The fourth-order valence-electron chi connectivity index (χ4n) is 7.87. The molecule has 0 saturated heterocycles. The zero-order valence-corrected chi connectivity index (χ0v) is 27.4. The van der Waals surface area contributed by atoms with Crippen LogP contribution in [0.5, 0.6) is 0 Å². The standard InChI is InChI=1S/C46H29O2P/c47-49(32-14-3-1-4-15-32,33-16-5-2-6-17-33)34-24-26-44-41(29-34)40-28-31(23-25-43(40)48-44)45-35-18-8-7-13-30(35)27-42-38-21-10-9-19-36(38)37-20-11-12-22-39(37)46(42)45/h1-29H. The quantitative estimate of drug-likeness (QED) is 0.108. The van der Waals surface area contributed by atoms with Crippen LogP contribution in [-0.2, 0) is 4.57 Å². The zero-order chi connectivity index (χ0) is 32.5. The Morgan fingerprint density at radius 1 is 0.367 bits per heavy atom. The molecule has 9 aromatic carbocycles. The number of fused-ring (bicyclic) bond motifs is 10. The van der Waals surface area contributed by atoms with Gasteiger partial charge in [-0.1, -0.05) is 140 Å². The summed E-state index contributed by atoms with van der Waals surface area (Å²) in [5.41, 5.74) is 3.92. The predicted octanol–water partition coefficient (Wildman–Crippen LogP) is 11.5. The van der Waals surface area contributed by atoms with Crippen molar-refractivity contribution in [3.8, 4) is 11.1 Å². The van der Waals surface area contributed by atoms with Crippen LogP contribution in [0, 0.1) is 0 Å². The van der Waals surface area contributed by atoms with Gasteiger partial charge < -0.3 is 8.98 Å². The van der Waals surface area contributed by atoms with Gasteiger partial charge in [-0.05, 0) is 90.6 Å². The maximum atomic E-state index is 15.3. The maximum absolute atomic E-state index is 15.3. The third kappa shape index (κ3) is 4.18. The van der Waals surface area contributed by atoms with E-state index in [1.165, 1.54) is 48.7 Å². The minimum atomic E-state index is -3.16. The first-order valence-corrected chi connectivity index (χ1v) is 18.3. The normalized spacial score (nSPS) is 12.2. The van der Waals surface area contributed by atoms with Crippen LogP contribution in [0.25, 0.3) is 76.2 Å². The molecule has 0 unspecified atom stereocenters. The van der Waals surface area contributed by atoms with Crippen molar-refractivity contribution in [1.82, 2.24) is 0 Å². The van der Waals surface area contributed by atoms with Crippen molar-refractivity contribution >= 4 is 88.1 Å². The molecule has 2 nitrogen and oxygen atoms in total. The minimum Gasteiger partial charge on any atom is -0.456 e. The summed E-state index contributed by atoms with van der Waals surface area (Å²) in [4.78, 5) is 0. The van der Waals surface area contributed by atoms with E-state index in [2.05, 4.69) is 103 Å². The van der Waals surface area contributed by atoms with Crippen molar-refractivity contribution in [2.24, 2.45) is 0 Å². The monoisotopic (exact) mass is 644 g/mol. The van der Waals surface area contributed by atoms with Crippen LogP contribution >= 0.6 is 7.14 Å². The highest BCUT2D eigenvalue weighted by Gasteiger charge is 2.30. The topological polar surface area (TPSA) is 30.2 Å². The molecule has 0 fully saturated rings. The van der Waals surface area contributed by atoms with Crippen molar-refractivity contribution in [2.45, 2.75) is 0 Å². The van der Waals surface area contributed by atoms with Gasteiger partial charge in [0.2, 0.25) is 0 Å². The van der Waals surface area contributed by atoms with Gasteiger partial charge in [0, 0.05) is 26.7 Å². The lowest BCUT2D eigenvalue weighted by molar-refractivity contribution is 0.592. The Morgan fingerprint density at radius 3 is 1.55 bits per heavy atom. The second-order valence-corrected chi connectivity index (χ2v) is 15.5. The first-order chi connectivity index (χ1) is 24.2. The summed E-state index contributed by atoms with van der Waals surface area (Å²) in [6.45, 7) is 0. The van der Waals surface area contributed by atoms with E-state index in [-0.39, 0.29) is 0 Å². The highest BCUT2D eigenvalue weighted by Crippen LogP contribution is 2.46. The van der Waals surface area contributed by atoms with Gasteiger partial charge in [-0.25, -0.2) is 0 Å². The average molecular weight is 645 g/mol. The summed E-state index contributed by atoms with van der Waals surface area (Å²) < 4.78 is 21.7. The molecule has 230 valence electrons. The second kappa shape index (κ2) is 10.8. The summed E-state index contributed by atoms with van der Waals surface area (Å²) in [5.74, 6) is 0. The molecule has 0 atom stereocenters. The lowest BCUT2D eigenvalue weighted by Crippen LogP contribution is -2.24. The summed E-state index contributed by atoms with van der Waals surface area (Å²) in [7, 11) is -3.16. The van der Waals surface area contributed by atoms with Crippen LogP contribution in [-0.4, -0.2) is 0 Å². The van der Waals surface area contributed by atoms with E-state index in [9.17, 15) is 0 Å². The van der Waals surface area contributed by atoms with Crippen LogP contribution in [0.2, 0.25) is 0 Å². The van der Waals surface area contributed by atoms with E-state index in [1.807, 2.05) is 72.8 Å². The Morgan fingerprint density at radius 2 is 0.878 bits per heavy atom. The summed E-state index contributed by atoms with van der Waals surface area (Å²) in [6.07, 6.45) is 0. The number of furan rings is 1. The Kier molecular flexibility index (Phi) is 6.19. The van der Waals surface area contributed by atoms with E-state index in [0.29, 0.717) is 0 Å². The van der Waals surface area contributed by atoms with Crippen LogP contribution in [0.3, 0.4) is 0 Å². The molecule has 0 spiro atoms. The first-order valence-electron chi connectivity index (χ1n) is 16.6. The molecule has 0 amide bonds.